The van der Waals surface area contributed by atoms with E-state index < -0.39 is 0 Å². The van der Waals surface area contributed by atoms with Gasteiger partial charge in [-0.1, -0.05) is 52.6 Å². The Labute approximate surface area is 182 Å². The fraction of sp³-hybridized carbons (Fsp3) is 0.211. The minimum atomic E-state index is -0.0212. The van der Waals surface area contributed by atoms with Crippen molar-refractivity contribution >= 4 is 52.5 Å². The molecule has 0 unspecified atom stereocenters. The Balaban J connectivity index is 1.61. The summed E-state index contributed by atoms with van der Waals surface area (Å²) in [6.45, 7) is 0.450. The third-order valence-electron chi connectivity index (χ3n) is 4.09. The monoisotopic (exact) mass is 454 g/mol. The molecule has 0 saturated carbocycles. The van der Waals surface area contributed by atoms with Crippen LogP contribution in [0.25, 0.3) is 11.4 Å². The van der Waals surface area contributed by atoms with E-state index in [1.165, 1.54) is 11.8 Å². The largest absolute Gasteiger partial charge is 0.341 e. The molecule has 0 N–H and O–H groups in total. The van der Waals surface area contributed by atoms with Crippen LogP contribution in [0, 0.1) is 0 Å². The van der Waals surface area contributed by atoms with E-state index in [4.69, 9.17) is 34.8 Å². The first kappa shape index (κ1) is 21.0. The fourth-order valence-electron chi connectivity index (χ4n) is 2.53. The summed E-state index contributed by atoms with van der Waals surface area (Å²) in [5.41, 5.74) is 1.83. The van der Waals surface area contributed by atoms with Gasteiger partial charge in [0.2, 0.25) is 5.91 Å². The number of nitrogens with zero attached hydrogens (tertiary/aromatic N) is 4. The minimum absolute atomic E-state index is 0.0212. The average Bonchev–Trinajstić information content (AvgIpc) is 3.04. The van der Waals surface area contributed by atoms with Crippen LogP contribution in [0.1, 0.15) is 5.56 Å². The molecule has 3 aromatic rings. The Morgan fingerprint density at radius 3 is 2.46 bits per heavy atom. The molecule has 2 aromatic carbocycles. The number of hydrogen-bond donors (Lipinski definition) is 0. The topological polar surface area (TPSA) is 51.0 Å². The Morgan fingerprint density at radius 1 is 1.07 bits per heavy atom. The molecule has 0 aliphatic heterocycles. The van der Waals surface area contributed by atoms with E-state index in [0.717, 1.165) is 17.0 Å². The number of rotatable bonds is 6. The van der Waals surface area contributed by atoms with Gasteiger partial charge >= 0.3 is 0 Å². The molecule has 1 aromatic heterocycles. The lowest BCUT2D eigenvalue weighted by molar-refractivity contribution is -0.127. The van der Waals surface area contributed by atoms with Crippen molar-refractivity contribution in [3.8, 4) is 11.4 Å². The van der Waals surface area contributed by atoms with Gasteiger partial charge in [-0.3, -0.25) is 4.79 Å². The van der Waals surface area contributed by atoms with Crippen molar-refractivity contribution < 1.29 is 4.79 Å². The molecule has 146 valence electrons. The number of amides is 1. The SMILES string of the molecule is CN(Cc1ccc(Cl)c(Cl)c1)C(=O)CSc1nnc(-c2ccc(Cl)cc2)n1C. The highest BCUT2D eigenvalue weighted by Crippen LogP contribution is 2.25. The summed E-state index contributed by atoms with van der Waals surface area (Å²) in [5, 5.41) is 10.7. The van der Waals surface area contributed by atoms with Gasteiger partial charge in [-0.15, -0.1) is 10.2 Å². The second kappa shape index (κ2) is 9.18. The van der Waals surface area contributed by atoms with E-state index in [1.54, 1.807) is 36.2 Å². The van der Waals surface area contributed by atoms with Crippen LogP contribution < -0.4 is 0 Å². The van der Waals surface area contributed by atoms with Crippen LogP contribution in [-0.2, 0) is 18.4 Å². The van der Waals surface area contributed by atoms with Crippen LogP contribution in [0.2, 0.25) is 15.1 Å². The Bertz CT molecular complexity index is 991. The Hall–Kier alpha value is -1.73. The fourth-order valence-corrected chi connectivity index (χ4v) is 3.83. The van der Waals surface area contributed by atoms with Crippen molar-refractivity contribution in [3.05, 3.63) is 63.1 Å². The summed E-state index contributed by atoms with van der Waals surface area (Å²) >= 11 is 19.2. The highest BCUT2D eigenvalue weighted by atomic mass is 35.5. The van der Waals surface area contributed by atoms with Gasteiger partial charge in [0, 0.05) is 31.2 Å². The molecule has 0 aliphatic carbocycles. The molecule has 0 fully saturated rings. The molecule has 0 radical (unpaired) electrons. The Morgan fingerprint density at radius 2 is 1.79 bits per heavy atom. The molecule has 0 bridgehead atoms. The number of carbonyl (C=O) groups is 1. The van der Waals surface area contributed by atoms with E-state index in [-0.39, 0.29) is 11.7 Å². The van der Waals surface area contributed by atoms with Gasteiger partial charge in [0.1, 0.15) is 0 Å². The lowest BCUT2D eigenvalue weighted by Gasteiger charge is -2.17. The molecule has 3 rings (SSSR count). The number of thioether (sulfide) groups is 1. The first-order valence-electron chi connectivity index (χ1n) is 8.31. The maximum absolute atomic E-state index is 12.5. The number of halogens is 3. The predicted molar refractivity (Wildman–Crippen MR) is 115 cm³/mol. The molecule has 0 saturated heterocycles. The van der Waals surface area contributed by atoms with Crippen LogP contribution in [0.5, 0.6) is 0 Å². The normalized spacial score (nSPS) is 10.9. The van der Waals surface area contributed by atoms with Crippen molar-refractivity contribution in [1.82, 2.24) is 19.7 Å². The standard InChI is InChI=1S/C19H17Cl3N4OS/c1-25(10-12-3-8-15(21)16(22)9-12)17(27)11-28-19-24-23-18(26(19)2)13-4-6-14(20)7-5-13/h3-9H,10-11H2,1-2H3. The van der Waals surface area contributed by atoms with Crippen molar-refractivity contribution in [2.24, 2.45) is 7.05 Å². The van der Waals surface area contributed by atoms with E-state index in [0.29, 0.717) is 26.8 Å². The number of hydrogen-bond acceptors (Lipinski definition) is 4. The van der Waals surface area contributed by atoms with Gasteiger partial charge in [-0.25, -0.2) is 0 Å². The molecular formula is C19H17Cl3N4OS. The number of aromatic nitrogens is 3. The van der Waals surface area contributed by atoms with Crippen molar-refractivity contribution in [1.29, 1.82) is 0 Å². The molecule has 0 atom stereocenters. The highest BCUT2D eigenvalue weighted by Gasteiger charge is 2.15. The lowest BCUT2D eigenvalue weighted by Crippen LogP contribution is -2.27. The number of benzene rings is 2. The van der Waals surface area contributed by atoms with Crippen LogP contribution in [0.4, 0.5) is 0 Å². The first-order valence-corrected chi connectivity index (χ1v) is 10.4. The second-order valence-corrected chi connectivity index (χ2v) is 8.35. The highest BCUT2D eigenvalue weighted by molar-refractivity contribution is 7.99. The third-order valence-corrected chi connectivity index (χ3v) is 6.09. The van der Waals surface area contributed by atoms with Crippen molar-refractivity contribution in [2.75, 3.05) is 12.8 Å². The van der Waals surface area contributed by atoms with Gasteiger partial charge in [-0.05, 0) is 42.0 Å². The van der Waals surface area contributed by atoms with Gasteiger partial charge in [0.25, 0.3) is 0 Å². The molecular weight excluding hydrogens is 439 g/mol. The molecule has 28 heavy (non-hydrogen) atoms. The average molecular weight is 456 g/mol. The summed E-state index contributed by atoms with van der Waals surface area (Å²) < 4.78 is 1.86. The van der Waals surface area contributed by atoms with Crippen LogP contribution in [0.15, 0.2) is 47.6 Å². The maximum Gasteiger partial charge on any atom is 0.233 e. The van der Waals surface area contributed by atoms with E-state index in [1.807, 2.05) is 29.8 Å². The second-order valence-electron chi connectivity index (χ2n) is 6.16. The molecule has 9 heteroatoms. The molecule has 0 aliphatic rings. The third kappa shape index (κ3) is 5.00. The maximum atomic E-state index is 12.5. The zero-order valence-corrected chi connectivity index (χ0v) is 18.3. The zero-order valence-electron chi connectivity index (χ0n) is 15.2. The van der Waals surface area contributed by atoms with Gasteiger partial charge in [-0.2, -0.15) is 0 Å². The van der Waals surface area contributed by atoms with E-state index in [9.17, 15) is 4.79 Å². The summed E-state index contributed by atoms with van der Waals surface area (Å²) in [6.07, 6.45) is 0. The Kier molecular flexibility index (Phi) is 6.88. The van der Waals surface area contributed by atoms with Crippen molar-refractivity contribution in [2.45, 2.75) is 11.7 Å². The lowest BCUT2D eigenvalue weighted by atomic mass is 10.2. The van der Waals surface area contributed by atoms with E-state index in [2.05, 4.69) is 10.2 Å². The van der Waals surface area contributed by atoms with Gasteiger partial charge in [0.15, 0.2) is 11.0 Å². The van der Waals surface area contributed by atoms with Gasteiger partial charge < -0.3 is 9.47 Å². The predicted octanol–water partition coefficient (Wildman–Crippen LogP) is 5.19. The molecule has 1 amide bonds. The first-order chi connectivity index (χ1) is 13.3. The molecule has 0 spiro atoms. The number of carbonyl (C=O) groups excluding carboxylic acids is 1. The van der Waals surface area contributed by atoms with Gasteiger partial charge in [0.05, 0.1) is 15.8 Å². The van der Waals surface area contributed by atoms with Crippen molar-refractivity contribution in [3.63, 3.8) is 0 Å². The van der Waals surface area contributed by atoms with E-state index >= 15 is 0 Å². The van der Waals surface area contributed by atoms with Crippen LogP contribution in [-0.4, -0.2) is 38.4 Å². The zero-order chi connectivity index (χ0) is 20.3. The quantitative estimate of drug-likeness (QED) is 0.480. The van der Waals surface area contributed by atoms with Crippen LogP contribution >= 0.6 is 46.6 Å². The smallest absolute Gasteiger partial charge is 0.233 e. The summed E-state index contributed by atoms with van der Waals surface area (Å²) in [7, 11) is 3.62. The molecule has 5 nitrogen and oxygen atoms in total. The summed E-state index contributed by atoms with van der Waals surface area (Å²) in [5.74, 6) is 0.952. The van der Waals surface area contributed by atoms with Crippen LogP contribution in [0.3, 0.4) is 0 Å². The minimum Gasteiger partial charge on any atom is -0.341 e. The summed E-state index contributed by atoms with van der Waals surface area (Å²) in [6, 6.07) is 12.7. The molecule has 1 heterocycles. The summed E-state index contributed by atoms with van der Waals surface area (Å²) in [4.78, 5) is 14.1.